The van der Waals surface area contributed by atoms with Gasteiger partial charge in [0.15, 0.2) is 0 Å². The molecule has 2 rings (SSSR count). The number of morpholine rings is 1. The Morgan fingerprint density at radius 3 is 3.00 bits per heavy atom. The number of nitrogens with one attached hydrogen (secondary N) is 1. The second kappa shape index (κ2) is 6.82. The summed E-state index contributed by atoms with van der Waals surface area (Å²) in [6, 6.07) is 0.176. The fraction of sp³-hybridized carbons (Fsp3) is 0.667. The first-order chi connectivity index (χ1) is 8.81. The van der Waals surface area contributed by atoms with Gasteiger partial charge in [0.05, 0.1) is 25.8 Å². The molecule has 1 aliphatic rings. The van der Waals surface area contributed by atoms with E-state index in [1.54, 1.807) is 17.5 Å². The van der Waals surface area contributed by atoms with Gasteiger partial charge in [0, 0.05) is 24.7 Å². The maximum absolute atomic E-state index is 12.0. The number of thiazole rings is 1. The molecule has 1 aliphatic heterocycles. The maximum atomic E-state index is 12.0. The van der Waals surface area contributed by atoms with Crippen LogP contribution in [-0.4, -0.2) is 48.6 Å². The van der Waals surface area contributed by atoms with E-state index in [0.29, 0.717) is 32.8 Å². The van der Waals surface area contributed by atoms with Crippen molar-refractivity contribution in [1.29, 1.82) is 0 Å². The standard InChI is InChI=1S/C12H19N3O2S/c1-2-10(12-13-3-8-18-12)14-9-11(16)15-4-6-17-7-5-15/h3,8,10,14H,2,4-7,9H2,1H3. The molecule has 1 fully saturated rings. The third kappa shape index (κ3) is 3.51. The number of ether oxygens (including phenoxy) is 1. The van der Waals surface area contributed by atoms with Crippen molar-refractivity contribution >= 4 is 17.2 Å². The van der Waals surface area contributed by atoms with Crippen molar-refractivity contribution in [2.24, 2.45) is 0 Å². The van der Waals surface area contributed by atoms with Crippen molar-refractivity contribution in [2.45, 2.75) is 19.4 Å². The first-order valence-corrected chi connectivity index (χ1v) is 7.17. The molecular weight excluding hydrogens is 250 g/mol. The molecule has 0 bridgehead atoms. The van der Waals surface area contributed by atoms with Crippen LogP contribution in [-0.2, 0) is 9.53 Å². The van der Waals surface area contributed by atoms with Crippen LogP contribution in [0.3, 0.4) is 0 Å². The molecule has 1 saturated heterocycles. The van der Waals surface area contributed by atoms with Gasteiger partial charge in [-0.25, -0.2) is 4.98 Å². The van der Waals surface area contributed by atoms with Gasteiger partial charge in [-0.3, -0.25) is 10.1 Å². The molecule has 0 spiro atoms. The first-order valence-electron chi connectivity index (χ1n) is 6.29. The van der Waals surface area contributed by atoms with Gasteiger partial charge in [-0.1, -0.05) is 6.92 Å². The molecule has 0 aliphatic carbocycles. The second-order valence-corrected chi connectivity index (χ2v) is 5.13. The molecule has 5 nitrogen and oxygen atoms in total. The fourth-order valence-electron chi connectivity index (χ4n) is 1.95. The Morgan fingerprint density at radius 2 is 2.39 bits per heavy atom. The Labute approximate surface area is 111 Å². The fourth-order valence-corrected chi connectivity index (χ4v) is 2.75. The van der Waals surface area contributed by atoms with Gasteiger partial charge in [-0.05, 0) is 6.42 Å². The predicted molar refractivity (Wildman–Crippen MR) is 70.5 cm³/mol. The molecular formula is C12H19N3O2S. The van der Waals surface area contributed by atoms with Gasteiger partial charge in [0.25, 0.3) is 0 Å². The topological polar surface area (TPSA) is 54.5 Å². The van der Waals surface area contributed by atoms with E-state index in [1.807, 2.05) is 10.3 Å². The Hall–Kier alpha value is -0.980. The van der Waals surface area contributed by atoms with Gasteiger partial charge in [-0.15, -0.1) is 11.3 Å². The largest absolute Gasteiger partial charge is 0.378 e. The lowest BCUT2D eigenvalue weighted by atomic mass is 10.2. The minimum Gasteiger partial charge on any atom is -0.378 e. The van der Waals surface area contributed by atoms with Gasteiger partial charge < -0.3 is 9.64 Å². The molecule has 2 heterocycles. The lowest BCUT2D eigenvalue weighted by molar-refractivity contribution is -0.134. The summed E-state index contributed by atoms with van der Waals surface area (Å²) < 4.78 is 5.23. The minimum absolute atomic E-state index is 0.147. The van der Waals surface area contributed by atoms with E-state index in [1.165, 1.54) is 0 Å². The van der Waals surface area contributed by atoms with Crippen LogP contribution in [0.5, 0.6) is 0 Å². The van der Waals surface area contributed by atoms with E-state index in [-0.39, 0.29) is 11.9 Å². The van der Waals surface area contributed by atoms with Crippen molar-refractivity contribution in [3.05, 3.63) is 16.6 Å². The van der Waals surface area contributed by atoms with Crippen molar-refractivity contribution in [3.63, 3.8) is 0 Å². The molecule has 18 heavy (non-hydrogen) atoms. The van der Waals surface area contributed by atoms with Gasteiger partial charge in [0.1, 0.15) is 5.01 Å². The highest BCUT2D eigenvalue weighted by Crippen LogP contribution is 2.18. The number of rotatable bonds is 5. The number of amides is 1. The average molecular weight is 269 g/mol. The van der Waals surface area contributed by atoms with Crippen molar-refractivity contribution in [2.75, 3.05) is 32.8 Å². The zero-order chi connectivity index (χ0) is 12.8. The lowest BCUT2D eigenvalue weighted by Gasteiger charge is -2.27. The van der Waals surface area contributed by atoms with Gasteiger partial charge in [0.2, 0.25) is 5.91 Å². The zero-order valence-corrected chi connectivity index (χ0v) is 11.4. The highest BCUT2D eigenvalue weighted by Gasteiger charge is 2.18. The third-order valence-corrected chi connectivity index (χ3v) is 3.91. The second-order valence-electron chi connectivity index (χ2n) is 4.21. The Morgan fingerprint density at radius 1 is 1.61 bits per heavy atom. The number of aromatic nitrogens is 1. The van der Waals surface area contributed by atoms with Gasteiger partial charge >= 0.3 is 0 Å². The normalized spacial score (nSPS) is 17.7. The van der Waals surface area contributed by atoms with Crippen LogP contribution >= 0.6 is 11.3 Å². The van der Waals surface area contributed by atoms with Crippen LogP contribution in [0.15, 0.2) is 11.6 Å². The molecule has 1 aromatic rings. The van der Waals surface area contributed by atoms with E-state index < -0.39 is 0 Å². The number of carbonyl (C=O) groups is 1. The van der Waals surface area contributed by atoms with E-state index >= 15 is 0 Å². The number of hydrogen-bond donors (Lipinski definition) is 1. The van der Waals surface area contributed by atoms with Crippen molar-refractivity contribution in [3.8, 4) is 0 Å². The minimum atomic E-state index is 0.147. The lowest BCUT2D eigenvalue weighted by Crippen LogP contribution is -2.45. The summed E-state index contributed by atoms with van der Waals surface area (Å²) in [5.41, 5.74) is 0. The monoisotopic (exact) mass is 269 g/mol. The molecule has 1 aromatic heterocycles. The van der Waals surface area contributed by atoms with Crippen molar-refractivity contribution < 1.29 is 9.53 Å². The molecule has 100 valence electrons. The average Bonchev–Trinajstić information content (AvgIpc) is 2.94. The molecule has 6 heteroatoms. The SMILES string of the molecule is CCC(NCC(=O)N1CCOCC1)c1nccs1. The van der Waals surface area contributed by atoms with E-state index in [2.05, 4.69) is 17.2 Å². The quantitative estimate of drug-likeness (QED) is 0.868. The number of hydrogen-bond acceptors (Lipinski definition) is 5. The summed E-state index contributed by atoms with van der Waals surface area (Å²) in [5.74, 6) is 0.147. The number of carbonyl (C=O) groups excluding carboxylic acids is 1. The summed E-state index contributed by atoms with van der Waals surface area (Å²) in [4.78, 5) is 18.1. The van der Waals surface area contributed by atoms with Crippen LogP contribution in [0.1, 0.15) is 24.4 Å². The van der Waals surface area contributed by atoms with E-state index in [4.69, 9.17) is 4.74 Å². The van der Waals surface area contributed by atoms with Gasteiger partial charge in [-0.2, -0.15) is 0 Å². The van der Waals surface area contributed by atoms with Crippen molar-refractivity contribution in [1.82, 2.24) is 15.2 Å². The molecule has 1 N–H and O–H groups in total. The Kier molecular flexibility index (Phi) is 5.10. The van der Waals surface area contributed by atoms with Crippen LogP contribution < -0.4 is 5.32 Å². The summed E-state index contributed by atoms with van der Waals surface area (Å²) in [5, 5.41) is 6.29. The van der Waals surface area contributed by atoms with Crippen LogP contribution in [0.4, 0.5) is 0 Å². The predicted octanol–water partition coefficient (Wildman–Crippen LogP) is 1.04. The molecule has 0 aromatic carbocycles. The van der Waals surface area contributed by atoms with Crippen LogP contribution in [0.2, 0.25) is 0 Å². The summed E-state index contributed by atoms with van der Waals surface area (Å²) >= 11 is 1.62. The zero-order valence-electron chi connectivity index (χ0n) is 10.6. The van der Waals surface area contributed by atoms with Crippen LogP contribution in [0.25, 0.3) is 0 Å². The highest BCUT2D eigenvalue weighted by molar-refractivity contribution is 7.09. The molecule has 1 atom stereocenters. The Bertz CT molecular complexity index is 363. The maximum Gasteiger partial charge on any atom is 0.236 e. The summed E-state index contributed by atoms with van der Waals surface area (Å²) in [7, 11) is 0. The van der Waals surface area contributed by atoms with Crippen LogP contribution in [0, 0.1) is 0 Å². The number of nitrogens with zero attached hydrogens (tertiary/aromatic N) is 2. The molecule has 1 unspecified atom stereocenters. The molecule has 0 radical (unpaired) electrons. The molecule has 1 amide bonds. The Balaban J connectivity index is 1.80. The smallest absolute Gasteiger partial charge is 0.236 e. The third-order valence-electron chi connectivity index (χ3n) is 3.02. The highest BCUT2D eigenvalue weighted by atomic mass is 32.1. The summed E-state index contributed by atoms with van der Waals surface area (Å²) in [6.45, 7) is 5.17. The van der Waals surface area contributed by atoms with E-state index in [9.17, 15) is 4.79 Å². The summed E-state index contributed by atoms with van der Waals surface area (Å²) in [6.07, 6.45) is 2.73. The first kappa shape index (κ1) is 13.5. The van der Waals surface area contributed by atoms with E-state index in [0.717, 1.165) is 11.4 Å². The molecule has 0 saturated carbocycles.